The van der Waals surface area contributed by atoms with Crippen LogP contribution in [-0.2, 0) is 0 Å². The van der Waals surface area contributed by atoms with Crippen LogP contribution in [0.2, 0.25) is 5.02 Å². The van der Waals surface area contributed by atoms with Crippen LogP contribution in [0.4, 0.5) is 31.9 Å². The maximum Gasteiger partial charge on any atom is 0.249 e. The molecule has 0 radical (unpaired) electrons. The summed E-state index contributed by atoms with van der Waals surface area (Å²) >= 11 is 5.73. The van der Waals surface area contributed by atoms with Gasteiger partial charge in [-0.1, -0.05) is 11.6 Å². The molecule has 0 amide bonds. The zero-order chi connectivity index (χ0) is 16.2. The summed E-state index contributed by atoms with van der Waals surface area (Å²) in [5.41, 5.74) is 1.18. The molecule has 0 saturated carbocycles. The predicted octanol–water partition coefficient (Wildman–Crippen LogP) is 4.29. The molecular formula is C15H10ClF2N5. The molecule has 2 N–H and O–H groups in total. The second-order valence-electron chi connectivity index (χ2n) is 4.55. The Bertz CT molecular complexity index is 826. The van der Waals surface area contributed by atoms with Crippen LogP contribution in [0.25, 0.3) is 0 Å². The Kier molecular flexibility index (Phi) is 4.29. The maximum absolute atomic E-state index is 13.1. The summed E-state index contributed by atoms with van der Waals surface area (Å²) in [6.07, 6.45) is 1.41. The van der Waals surface area contributed by atoms with Crippen molar-refractivity contribution >= 4 is 34.7 Å². The lowest BCUT2D eigenvalue weighted by Crippen LogP contribution is -2.02. The van der Waals surface area contributed by atoms with Gasteiger partial charge in [0.2, 0.25) is 5.95 Å². The molecule has 116 valence electrons. The van der Waals surface area contributed by atoms with Gasteiger partial charge in [-0.05, 0) is 42.5 Å². The summed E-state index contributed by atoms with van der Waals surface area (Å²) in [4.78, 5) is 4.21. The Labute approximate surface area is 135 Å². The Balaban J connectivity index is 1.76. The van der Waals surface area contributed by atoms with Crippen molar-refractivity contribution in [2.45, 2.75) is 0 Å². The van der Waals surface area contributed by atoms with Crippen molar-refractivity contribution < 1.29 is 8.78 Å². The van der Waals surface area contributed by atoms with E-state index in [1.54, 1.807) is 12.1 Å². The van der Waals surface area contributed by atoms with Crippen molar-refractivity contribution in [2.75, 3.05) is 10.6 Å². The summed E-state index contributed by atoms with van der Waals surface area (Å²) < 4.78 is 26.0. The van der Waals surface area contributed by atoms with Gasteiger partial charge in [-0.25, -0.2) is 8.78 Å². The fraction of sp³-hybridized carbons (Fsp3) is 0. The summed E-state index contributed by atoms with van der Waals surface area (Å²) in [6, 6.07) is 9.95. The van der Waals surface area contributed by atoms with E-state index < -0.39 is 5.82 Å². The average Bonchev–Trinajstić information content (AvgIpc) is 2.54. The number of halogens is 3. The summed E-state index contributed by atoms with van der Waals surface area (Å²) in [6.45, 7) is 0. The first kappa shape index (κ1) is 15.1. The SMILES string of the molecule is Fc1ccc(Nc2nncc(Nc3ccc(F)c(Cl)c3)n2)cc1. The maximum atomic E-state index is 13.1. The summed E-state index contributed by atoms with van der Waals surface area (Å²) in [7, 11) is 0. The number of hydrogen-bond donors (Lipinski definition) is 2. The molecule has 0 aliphatic carbocycles. The molecule has 8 heteroatoms. The van der Waals surface area contributed by atoms with Crippen molar-refractivity contribution in [3.8, 4) is 0 Å². The standard InChI is InChI=1S/C15H10ClF2N5/c16-12-7-11(5-6-13(12)18)20-14-8-19-23-15(22-14)21-10-3-1-9(17)2-4-10/h1-8H,(H2,20,21,22,23). The second-order valence-corrected chi connectivity index (χ2v) is 4.96. The van der Waals surface area contributed by atoms with Crippen molar-refractivity contribution in [3.05, 3.63) is 65.3 Å². The number of hydrogen-bond acceptors (Lipinski definition) is 5. The lowest BCUT2D eigenvalue weighted by atomic mass is 10.3. The zero-order valence-corrected chi connectivity index (χ0v) is 12.4. The van der Waals surface area contributed by atoms with Crippen LogP contribution in [0.15, 0.2) is 48.7 Å². The van der Waals surface area contributed by atoms with E-state index in [0.717, 1.165) is 0 Å². The lowest BCUT2D eigenvalue weighted by molar-refractivity contribution is 0.628. The fourth-order valence-corrected chi connectivity index (χ4v) is 1.98. The van der Waals surface area contributed by atoms with Crippen LogP contribution in [0.5, 0.6) is 0 Å². The number of rotatable bonds is 4. The van der Waals surface area contributed by atoms with Gasteiger partial charge >= 0.3 is 0 Å². The molecule has 0 atom stereocenters. The smallest absolute Gasteiger partial charge is 0.249 e. The van der Waals surface area contributed by atoms with Crippen molar-refractivity contribution in [1.29, 1.82) is 0 Å². The van der Waals surface area contributed by atoms with Crippen molar-refractivity contribution in [3.63, 3.8) is 0 Å². The van der Waals surface area contributed by atoms with Gasteiger partial charge in [0.25, 0.3) is 0 Å². The minimum atomic E-state index is -0.503. The van der Waals surface area contributed by atoms with E-state index in [1.165, 1.54) is 36.5 Å². The summed E-state index contributed by atoms with van der Waals surface area (Å²) in [5.74, 6) is -0.211. The third-order valence-corrected chi connectivity index (χ3v) is 3.14. The van der Waals surface area contributed by atoms with Crippen LogP contribution < -0.4 is 10.6 Å². The highest BCUT2D eigenvalue weighted by Gasteiger charge is 2.05. The number of aromatic nitrogens is 3. The molecule has 0 fully saturated rings. The largest absolute Gasteiger partial charge is 0.339 e. The first-order valence-corrected chi connectivity index (χ1v) is 6.92. The van der Waals surface area contributed by atoms with Crippen LogP contribution >= 0.6 is 11.6 Å². The Morgan fingerprint density at radius 3 is 2.39 bits per heavy atom. The molecule has 3 rings (SSSR count). The number of benzene rings is 2. The molecule has 0 saturated heterocycles. The topological polar surface area (TPSA) is 62.7 Å². The fourth-order valence-electron chi connectivity index (χ4n) is 1.80. The molecule has 3 aromatic rings. The van der Waals surface area contributed by atoms with Gasteiger partial charge in [0.15, 0.2) is 5.82 Å². The highest BCUT2D eigenvalue weighted by Crippen LogP contribution is 2.22. The molecule has 1 aromatic heterocycles. The molecule has 0 aliphatic rings. The van der Waals surface area contributed by atoms with E-state index in [2.05, 4.69) is 25.8 Å². The molecular weight excluding hydrogens is 324 g/mol. The first-order chi connectivity index (χ1) is 11.1. The van der Waals surface area contributed by atoms with Crippen LogP contribution in [-0.4, -0.2) is 15.2 Å². The Morgan fingerprint density at radius 1 is 0.913 bits per heavy atom. The molecule has 0 bridgehead atoms. The molecule has 2 aromatic carbocycles. The second kappa shape index (κ2) is 6.53. The van der Waals surface area contributed by atoms with Gasteiger partial charge in [-0.15, -0.1) is 5.10 Å². The van der Waals surface area contributed by atoms with E-state index in [0.29, 0.717) is 17.2 Å². The van der Waals surface area contributed by atoms with Gasteiger partial charge in [0.05, 0.1) is 11.2 Å². The van der Waals surface area contributed by atoms with Crippen LogP contribution in [0.3, 0.4) is 0 Å². The van der Waals surface area contributed by atoms with Crippen molar-refractivity contribution in [1.82, 2.24) is 15.2 Å². The summed E-state index contributed by atoms with van der Waals surface area (Å²) in [5, 5.41) is 13.5. The average molecular weight is 334 g/mol. The molecule has 0 aliphatic heterocycles. The highest BCUT2D eigenvalue weighted by atomic mass is 35.5. The molecule has 1 heterocycles. The number of nitrogens with one attached hydrogen (secondary N) is 2. The van der Waals surface area contributed by atoms with Crippen molar-refractivity contribution in [2.24, 2.45) is 0 Å². The molecule has 0 unspecified atom stereocenters. The zero-order valence-electron chi connectivity index (χ0n) is 11.6. The quantitative estimate of drug-likeness (QED) is 0.745. The normalized spacial score (nSPS) is 10.4. The molecule has 0 spiro atoms. The Morgan fingerprint density at radius 2 is 1.65 bits per heavy atom. The number of nitrogens with zero attached hydrogens (tertiary/aromatic N) is 3. The predicted molar refractivity (Wildman–Crippen MR) is 84.2 cm³/mol. The number of anilines is 4. The van der Waals surface area contributed by atoms with Gasteiger partial charge in [-0.2, -0.15) is 10.1 Å². The minimum absolute atomic E-state index is 0.00155. The van der Waals surface area contributed by atoms with E-state index >= 15 is 0 Å². The first-order valence-electron chi connectivity index (χ1n) is 6.54. The van der Waals surface area contributed by atoms with E-state index in [4.69, 9.17) is 11.6 Å². The van der Waals surface area contributed by atoms with Gasteiger partial charge in [0, 0.05) is 11.4 Å². The van der Waals surface area contributed by atoms with E-state index in [-0.39, 0.29) is 16.8 Å². The van der Waals surface area contributed by atoms with E-state index in [1.807, 2.05) is 0 Å². The highest BCUT2D eigenvalue weighted by molar-refractivity contribution is 6.31. The molecule has 23 heavy (non-hydrogen) atoms. The minimum Gasteiger partial charge on any atom is -0.339 e. The Hall–Kier alpha value is -2.80. The van der Waals surface area contributed by atoms with Gasteiger partial charge in [-0.3, -0.25) is 0 Å². The van der Waals surface area contributed by atoms with Crippen LogP contribution in [0, 0.1) is 11.6 Å². The third-order valence-electron chi connectivity index (χ3n) is 2.85. The molecule has 5 nitrogen and oxygen atoms in total. The van der Waals surface area contributed by atoms with E-state index in [9.17, 15) is 8.78 Å². The third kappa shape index (κ3) is 3.89. The van der Waals surface area contributed by atoms with Gasteiger partial charge in [0.1, 0.15) is 11.6 Å². The monoisotopic (exact) mass is 333 g/mol. The lowest BCUT2D eigenvalue weighted by Gasteiger charge is -2.08. The van der Waals surface area contributed by atoms with Gasteiger partial charge < -0.3 is 10.6 Å². The van der Waals surface area contributed by atoms with Crippen LogP contribution in [0.1, 0.15) is 0 Å².